The van der Waals surface area contributed by atoms with Crippen LogP contribution in [-0.2, 0) is 4.74 Å². The van der Waals surface area contributed by atoms with Gasteiger partial charge in [0.1, 0.15) is 0 Å². The zero-order chi connectivity index (χ0) is 13.3. The minimum Gasteiger partial charge on any atom is -0.476 e. The lowest BCUT2D eigenvalue weighted by molar-refractivity contribution is 0.0691. The van der Waals surface area contributed by atoms with Gasteiger partial charge < -0.3 is 9.84 Å². The molecule has 0 amide bonds. The number of para-hydroxylation sites is 1. The van der Waals surface area contributed by atoms with Gasteiger partial charge in [0, 0.05) is 5.39 Å². The lowest BCUT2D eigenvalue weighted by Gasteiger charge is -2.07. The van der Waals surface area contributed by atoms with Gasteiger partial charge in [-0.15, -0.1) is 0 Å². The van der Waals surface area contributed by atoms with E-state index in [0.717, 1.165) is 4.68 Å². The van der Waals surface area contributed by atoms with Crippen molar-refractivity contribution < 1.29 is 19.4 Å². The molecule has 0 radical (unpaired) electrons. The lowest BCUT2D eigenvalue weighted by atomic mass is 10.2. The van der Waals surface area contributed by atoms with Gasteiger partial charge in [0.25, 0.3) is 0 Å². The smallest absolute Gasteiger partial charge is 0.435 e. The molecule has 2 rings (SSSR count). The van der Waals surface area contributed by atoms with Crippen LogP contribution in [0.1, 0.15) is 24.3 Å². The van der Waals surface area contributed by atoms with Crippen LogP contribution in [0.4, 0.5) is 4.79 Å². The van der Waals surface area contributed by atoms with Crippen molar-refractivity contribution in [1.82, 2.24) is 9.78 Å². The molecule has 0 saturated heterocycles. The van der Waals surface area contributed by atoms with E-state index in [1.54, 1.807) is 38.1 Å². The Kier molecular flexibility index (Phi) is 3.01. The fourth-order valence-electron chi connectivity index (χ4n) is 1.62. The van der Waals surface area contributed by atoms with Crippen molar-refractivity contribution in [3.05, 3.63) is 30.0 Å². The molecule has 1 aromatic carbocycles. The number of carboxylic acids is 1. The standard InChI is InChI=1S/C12H12N2O4/c1-7(2)18-12(17)14-9-6-4-3-5-8(9)10(13-14)11(15)16/h3-7H,1-2H3,(H,15,16). The second-order valence-corrected chi connectivity index (χ2v) is 4.02. The average Bonchev–Trinajstić information content (AvgIpc) is 2.67. The molecular weight excluding hydrogens is 236 g/mol. The van der Waals surface area contributed by atoms with Crippen LogP contribution in [0.5, 0.6) is 0 Å². The molecule has 18 heavy (non-hydrogen) atoms. The molecule has 6 nitrogen and oxygen atoms in total. The minimum atomic E-state index is -1.18. The van der Waals surface area contributed by atoms with Gasteiger partial charge >= 0.3 is 12.1 Å². The molecule has 1 aromatic heterocycles. The molecule has 1 N–H and O–H groups in total. The molecule has 0 aliphatic carbocycles. The Labute approximate surface area is 103 Å². The third-order valence-corrected chi connectivity index (χ3v) is 2.30. The summed E-state index contributed by atoms with van der Waals surface area (Å²) in [7, 11) is 0. The molecule has 0 unspecified atom stereocenters. The average molecular weight is 248 g/mol. The largest absolute Gasteiger partial charge is 0.476 e. The molecule has 0 spiro atoms. The van der Waals surface area contributed by atoms with Crippen molar-refractivity contribution in [3.63, 3.8) is 0 Å². The van der Waals surface area contributed by atoms with Crippen molar-refractivity contribution in [2.45, 2.75) is 20.0 Å². The number of carbonyl (C=O) groups excluding carboxylic acids is 1. The first kappa shape index (κ1) is 12.1. The highest BCUT2D eigenvalue weighted by atomic mass is 16.6. The van der Waals surface area contributed by atoms with Crippen LogP contribution in [0.25, 0.3) is 10.9 Å². The van der Waals surface area contributed by atoms with Crippen LogP contribution in [0.2, 0.25) is 0 Å². The van der Waals surface area contributed by atoms with Crippen LogP contribution in [-0.4, -0.2) is 33.1 Å². The van der Waals surface area contributed by atoms with Crippen molar-refractivity contribution in [3.8, 4) is 0 Å². The number of rotatable bonds is 2. The molecule has 0 aliphatic rings. The molecule has 94 valence electrons. The summed E-state index contributed by atoms with van der Waals surface area (Å²) in [4.78, 5) is 22.8. The number of carbonyl (C=O) groups is 2. The van der Waals surface area contributed by atoms with Gasteiger partial charge in [-0.05, 0) is 19.9 Å². The van der Waals surface area contributed by atoms with Gasteiger partial charge in [-0.25, -0.2) is 9.59 Å². The van der Waals surface area contributed by atoms with Crippen LogP contribution in [0, 0.1) is 0 Å². The predicted octanol–water partition coefficient (Wildman–Crippen LogP) is 2.13. The van der Waals surface area contributed by atoms with Gasteiger partial charge in [-0.3, -0.25) is 0 Å². The molecule has 0 aliphatic heterocycles. The Hall–Kier alpha value is -2.37. The van der Waals surface area contributed by atoms with Crippen LogP contribution >= 0.6 is 0 Å². The maximum Gasteiger partial charge on any atom is 0.435 e. The van der Waals surface area contributed by atoms with E-state index < -0.39 is 12.1 Å². The number of nitrogens with zero attached hydrogens (tertiary/aromatic N) is 2. The summed E-state index contributed by atoms with van der Waals surface area (Å²) in [5.74, 6) is -1.18. The quantitative estimate of drug-likeness (QED) is 0.880. The highest BCUT2D eigenvalue weighted by Crippen LogP contribution is 2.18. The Morgan fingerprint density at radius 1 is 1.33 bits per heavy atom. The molecule has 0 fully saturated rings. The van der Waals surface area contributed by atoms with E-state index in [2.05, 4.69) is 5.10 Å². The van der Waals surface area contributed by atoms with Crippen molar-refractivity contribution in [2.24, 2.45) is 0 Å². The molecule has 0 saturated carbocycles. The summed E-state index contributed by atoms with van der Waals surface area (Å²) in [6, 6.07) is 6.62. The van der Waals surface area contributed by atoms with E-state index in [9.17, 15) is 9.59 Å². The Bertz CT molecular complexity index is 616. The molecular formula is C12H12N2O4. The molecule has 6 heteroatoms. The molecule has 0 bridgehead atoms. The number of hydrogen-bond donors (Lipinski definition) is 1. The summed E-state index contributed by atoms with van der Waals surface area (Å²) < 4.78 is 5.98. The maximum absolute atomic E-state index is 11.8. The Balaban J connectivity index is 2.58. The highest BCUT2D eigenvalue weighted by molar-refractivity contribution is 6.03. The van der Waals surface area contributed by atoms with Gasteiger partial charge in [0.15, 0.2) is 5.69 Å². The monoisotopic (exact) mass is 248 g/mol. The second-order valence-electron chi connectivity index (χ2n) is 4.02. The van der Waals surface area contributed by atoms with Gasteiger partial charge in [-0.2, -0.15) is 9.78 Å². The molecule has 1 heterocycles. The van der Waals surface area contributed by atoms with E-state index in [4.69, 9.17) is 9.84 Å². The minimum absolute atomic E-state index is 0.161. The lowest BCUT2D eigenvalue weighted by Crippen LogP contribution is -2.19. The van der Waals surface area contributed by atoms with Crippen LogP contribution in [0.3, 0.4) is 0 Å². The highest BCUT2D eigenvalue weighted by Gasteiger charge is 2.20. The van der Waals surface area contributed by atoms with Crippen molar-refractivity contribution in [2.75, 3.05) is 0 Å². The number of aromatic nitrogens is 2. The first-order valence-corrected chi connectivity index (χ1v) is 5.42. The summed E-state index contributed by atoms with van der Waals surface area (Å²) >= 11 is 0. The van der Waals surface area contributed by atoms with Crippen LogP contribution in [0.15, 0.2) is 24.3 Å². The zero-order valence-electron chi connectivity index (χ0n) is 9.95. The number of carboxylic acid groups (broad SMARTS) is 1. The van der Waals surface area contributed by atoms with E-state index >= 15 is 0 Å². The normalized spacial score (nSPS) is 10.8. The first-order valence-electron chi connectivity index (χ1n) is 5.42. The van der Waals surface area contributed by atoms with E-state index in [1.165, 1.54) is 0 Å². The van der Waals surface area contributed by atoms with Crippen molar-refractivity contribution >= 4 is 23.0 Å². The van der Waals surface area contributed by atoms with Gasteiger partial charge in [0.2, 0.25) is 0 Å². The topological polar surface area (TPSA) is 81.4 Å². The van der Waals surface area contributed by atoms with E-state index in [1.807, 2.05) is 0 Å². The SMILES string of the molecule is CC(C)OC(=O)n1nc(C(=O)O)c2ccccc21. The first-order chi connectivity index (χ1) is 8.50. The molecule has 0 atom stereocenters. The number of aromatic carboxylic acids is 1. The number of ether oxygens (including phenoxy) is 1. The zero-order valence-corrected chi connectivity index (χ0v) is 9.95. The van der Waals surface area contributed by atoms with Gasteiger partial charge in [-0.1, -0.05) is 18.2 Å². The maximum atomic E-state index is 11.8. The summed E-state index contributed by atoms with van der Waals surface area (Å²) in [6.07, 6.45) is -0.984. The predicted molar refractivity (Wildman–Crippen MR) is 63.7 cm³/mol. The number of benzene rings is 1. The van der Waals surface area contributed by atoms with E-state index in [-0.39, 0.29) is 11.8 Å². The van der Waals surface area contributed by atoms with E-state index in [0.29, 0.717) is 10.9 Å². The summed E-state index contributed by atoms with van der Waals surface area (Å²) in [5.41, 5.74) is 0.256. The number of hydrogen-bond acceptors (Lipinski definition) is 4. The Morgan fingerprint density at radius 2 is 2.00 bits per heavy atom. The Morgan fingerprint density at radius 3 is 2.61 bits per heavy atom. The molecule has 2 aromatic rings. The summed E-state index contributed by atoms with van der Waals surface area (Å²) in [6.45, 7) is 3.42. The fraction of sp³-hybridized carbons (Fsp3) is 0.250. The fourth-order valence-corrected chi connectivity index (χ4v) is 1.62. The van der Waals surface area contributed by atoms with Gasteiger partial charge in [0.05, 0.1) is 11.6 Å². The van der Waals surface area contributed by atoms with Crippen molar-refractivity contribution in [1.29, 1.82) is 0 Å². The van der Waals surface area contributed by atoms with Crippen LogP contribution < -0.4 is 0 Å². The second kappa shape index (κ2) is 4.48. The number of fused-ring (bicyclic) bond motifs is 1. The summed E-state index contributed by atoms with van der Waals surface area (Å²) in [5, 5.41) is 13.2. The third-order valence-electron chi connectivity index (χ3n) is 2.30. The third kappa shape index (κ3) is 2.04.